The monoisotopic (exact) mass is 341 g/mol. The molecule has 2 aromatic rings. The molecule has 4 nitrogen and oxygen atoms in total. The summed E-state index contributed by atoms with van der Waals surface area (Å²) in [5.41, 5.74) is 8.14. The summed E-state index contributed by atoms with van der Waals surface area (Å²) in [6.45, 7) is 2.32. The first-order valence-electron chi connectivity index (χ1n) is 5.14. The Kier molecular flexibility index (Phi) is 3.46. The lowest BCUT2D eigenvalue weighted by molar-refractivity contribution is 0.724. The molecule has 1 aromatic carbocycles. The molecule has 2 rings (SSSR count). The molecule has 0 amide bonds. The van der Waals surface area contributed by atoms with Gasteiger partial charge in [-0.3, -0.25) is 9.36 Å². The number of anilines is 1. The highest BCUT2D eigenvalue weighted by atomic mass is 127. The number of aryl methyl sites for hydroxylation is 1. The summed E-state index contributed by atoms with van der Waals surface area (Å²) >= 11 is 2.02. The van der Waals surface area contributed by atoms with Crippen molar-refractivity contribution in [2.45, 2.75) is 13.5 Å². The van der Waals surface area contributed by atoms with Gasteiger partial charge in [0, 0.05) is 5.69 Å². The number of nitrogen functional groups attached to an aromatic ring is 1. The van der Waals surface area contributed by atoms with Gasteiger partial charge >= 0.3 is 0 Å². The molecule has 0 aliphatic carbocycles. The van der Waals surface area contributed by atoms with Gasteiger partial charge in [-0.25, -0.2) is 4.98 Å². The quantitative estimate of drug-likeness (QED) is 0.669. The van der Waals surface area contributed by atoms with Crippen LogP contribution < -0.4 is 11.3 Å². The van der Waals surface area contributed by atoms with E-state index in [9.17, 15) is 4.79 Å². The molecule has 5 heteroatoms. The van der Waals surface area contributed by atoms with Gasteiger partial charge in [0.2, 0.25) is 0 Å². The third-order valence-corrected chi connectivity index (χ3v) is 3.70. The summed E-state index contributed by atoms with van der Waals surface area (Å²) in [5, 5.41) is 0. The maximum atomic E-state index is 12.0. The summed E-state index contributed by atoms with van der Waals surface area (Å²) in [7, 11) is 0. The van der Waals surface area contributed by atoms with E-state index in [1.807, 2.05) is 53.8 Å². The molecule has 1 aromatic heterocycles. The first-order valence-corrected chi connectivity index (χ1v) is 6.22. The van der Waals surface area contributed by atoms with Crippen LogP contribution in [0.5, 0.6) is 0 Å². The van der Waals surface area contributed by atoms with Gasteiger partial charge in [0.05, 0.1) is 22.1 Å². The van der Waals surface area contributed by atoms with Gasteiger partial charge in [0.25, 0.3) is 5.56 Å². The summed E-state index contributed by atoms with van der Waals surface area (Å²) in [6, 6.07) is 7.50. The van der Waals surface area contributed by atoms with Gasteiger partial charge in [-0.1, -0.05) is 12.1 Å². The number of nitrogens with two attached hydrogens (primary N) is 1. The predicted octanol–water partition coefficient (Wildman–Crippen LogP) is 1.79. The second-order valence-corrected chi connectivity index (χ2v) is 4.90. The molecule has 0 unspecified atom stereocenters. The maximum Gasteiger partial charge on any atom is 0.267 e. The van der Waals surface area contributed by atoms with Crippen LogP contribution in [0.4, 0.5) is 5.69 Å². The fourth-order valence-corrected chi connectivity index (χ4v) is 2.00. The second kappa shape index (κ2) is 4.87. The van der Waals surface area contributed by atoms with E-state index in [2.05, 4.69) is 4.98 Å². The van der Waals surface area contributed by atoms with E-state index in [-0.39, 0.29) is 5.56 Å². The van der Waals surface area contributed by atoms with Crippen molar-refractivity contribution in [3.63, 3.8) is 0 Å². The molecule has 0 saturated carbocycles. The van der Waals surface area contributed by atoms with Crippen LogP contribution in [-0.4, -0.2) is 9.55 Å². The number of rotatable bonds is 2. The van der Waals surface area contributed by atoms with Crippen LogP contribution in [0.3, 0.4) is 0 Å². The van der Waals surface area contributed by atoms with Crippen LogP contribution in [0.15, 0.2) is 35.4 Å². The van der Waals surface area contributed by atoms with E-state index < -0.39 is 0 Å². The van der Waals surface area contributed by atoms with Crippen LogP contribution in [0.2, 0.25) is 0 Å². The van der Waals surface area contributed by atoms with E-state index in [4.69, 9.17) is 5.73 Å². The Bertz CT molecular complexity index is 607. The minimum Gasteiger partial charge on any atom is -0.399 e. The molecular formula is C12H12IN3O. The fraction of sp³-hybridized carbons (Fsp3) is 0.167. The highest BCUT2D eigenvalue weighted by molar-refractivity contribution is 14.1. The van der Waals surface area contributed by atoms with Gasteiger partial charge in [-0.2, -0.15) is 0 Å². The Morgan fingerprint density at radius 3 is 2.94 bits per heavy atom. The summed E-state index contributed by atoms with van der Waals surface area (Å²) in [6.07, 6.45) is 1.57. The van der Waals surface area contributed by atoms with Gasteiger partial charge in [-0.15, -0.1) is 0 Å². The van der Waals surface area contributed by atoms with Crippen LogP contribution in [0.25, 0.3) is 0 Å². The summed E-state index contributed by atoms with van der Waals surface area (Å²) in [5.74, 6) is 0. The highest BCUT2D eigenvalue weighted by Gasteiger charge is 2.05. The minimum absolute atomic E-state index is 0.0134. The van der Waals surface area contributed by atoms with Crippen molar-refractivity contribution in [2.75, 3.05) is 5.73 Å². The third-order valence-electron chi connectivity index (χ3n) is 2.46. The molecule has 0 radical (unpaired) electrons. The number of aromatic nitrogens is 2. The fourth-order valence-electron chi connectivity index (χ4n) is 1.55. The molecule has 0 bridgehead atoms. The zero-order valence-electron chi connectivity index (χ0n) is 9.35. The van der Waals surface area contributed by atoms with E-state index in [1.165, 1.54) is 0 Å². The molecule has 17 heavy (non-hydrogen) atoms. The average molecular weight is 341 g/mol. The van der Waals surface area contributed by atoms with E-state index in [1.54, 1.807) is 10.9 Å². The molecule has 88 valence electrons. The summed E-state index contributed by atoms with van der Waals surface area (Å²) in [4.78, 5) is 16.1. The van der Waals surface area contributed by atoms with Crippen molar-refractivity contribution in [3.05, 3.63) is 55.8 Å². The Morgan fingerprint density at radius 2 is 2.24 bits per heavy atom. The Labute approximate surface area is 113 Å². The highest BCUT2D eigenvalue weighted by Crippen LogP contribution is 2.08. The van der Waals surface area contributed by atoms with Crippen LogP contribution in [-0.2, 0) is 6.54 Å². The molecule has 2 N–H and O–H groups in total. The van der Waals surface area contributed by atoms with E-state index in [0.29, 0.717) is 15.8 Å². The SMILES string of the molecule is Cc1ncn(Cc2cccc(N)c2)c(=O)c1I. The number of halogens is 1. The Hall–Kier alpha value is -1.37. The van der Waals surface area contributed by atoms with Crippen molar-refractivity contribution in [3.8, 4) is 0 Å². The third kappa shape index (κ3) is 2.66. The molecule has 0 spiro atoms. The predicted molar refractivity (Wildman–Crippen MR) is 75.9 cm³/mol. The lowest BCUT2D eigenvalue weighted by Crippen LogP contribution is -2.24. The first kappa shape index (κ1) is 12.1. The van der Waals surface area contributed by atoms with Crippen LogP contribution in [0, 0.1) is 10.5 Å². The van der Waals surface area contributed by atoms with Crippen molar-refractivity contribution >= 4 is 28.3 Å². The number of nitrogens with zero attached hydrogens (tertiary/aromatic N) is 2. The molecule has 0 saturated heterocycles. The van der Waals surface area contributed by atoms with E-state index in [0.717, 1.165) is 11.3 Å². The zero-order valence-corrected chi connectivity index (χ0v) is 11.5. The van der Waals surface area contributed by atoms with Crippen molar-refractivity contribution in [1.29, 1.82) is 0 Å². The van der Waals surface area contributed by atoms with Crippen molar-refractivity contribution in [1.82, 2.24) is 9.55 Å². The van der Waals surface area contributed by atoms with Crippen LogP contribution >= 0.6 is 22.6 Å². The lowest BCUT2D eigenvalue weighted by atomic mass is 10.2. The molecule has 0 atom stereocenters. The number of hydrogen-bond donors (Lipinski definition) is 1. The van der Waals surface area contributed by atoms with Gasteiger partial charge < -0.3 is 5.73 Å². The lowest BCUT2D eigenvalue weighted by Gasteiger charge is -2.07. The maximum absolute atomic E-state index is 12.0. The largest absolute Gasteiger partial charge is 0.399 e. The number of benzene rings is 1. The molecule has 0 aliphatic heterocycles. The van der Waals surface area contributed by atoms with Crippen molar-refractivity contribution in [2.24, 2.45) is 0 Å². The molecular weight excluding hydrogens is 329 g/mol. The van der Waals surface area contributed by atoms with Gasteiger partial charge in [-0.05, 0) is 47.2 Å². The topological polar surface area (TPSA) is 60.9 Å². The molecule has 0 aliphatic rings. The van der Waals surface area contributed by atoms with Gasteiger partial charge in [0.1, 0.15) is 0 Å². The van der Waals surface area contributed by atoms with Crippen LogP contribution in [0.1, 0.15) is 11.3 Å². The average Bonchev–Trinajstić information content (AvgIpc) is 2.30. The van der Waals surface area contributed by atoms with E-state index >= 15 is 0 Å². The zero-order chi connectivity index (χ0) is 12.4. The standard InChI is InChI=1S/C12H12IN3O/c1-8-11(13)12(17)16(7-15-8)6-9-3-2-4-10(14)5-9/h2-5,7H,6,14H2,1H3. The van der Waals surface area contributed by atoms with Crippen molar-refractivity contribution < 1.29 is 0 Å². The Balaban J connectivity index is 2.37. The minimum atomic E-state index is -0.0134. The first-order chi connectivity index (χ1) is 8.08. The molecule has 0 fully saturated rings. The normalized spacial score (nSPS) is 10.5. The smallest absolute Gasteiger partial charge is 0.267 e. The Morgan fingerprint density at radius 1 is 1.47 bits per heavy atom. The number of hydrogen-bond acceptors (Lipinski definition) is 3. The molecule has 1 heterocycles. The summed E-state index contributed by atoms with van der Waals surface area (Å²) < 4.78 is 2.25. The van der Waals surface area contributed by atoms with Gasteiger partial charge in [0.15, 0.2) is 0 Å². The second-order valence-electron chi connectivity index (χ2n) is 3.82.